The first-order valence-electron chi connectivity index (χ1n) is 7.62. The van der Waals surface area contributed by atoms with Gasteiger partial charge in [-0.2, -0.15) is 0 Å². The van der Waals surface area contributed by atoms with Crippen molar-refractivity contribution < 1.29 is 5.11 Å². The number of rotatable bonds is 3. The van der Waals surface area contributed by atoms with Crippen LogP contribution in [0.25, 0.3) is 11.0 Å². The summed E-state index contributed by atoms with van der Waals surface area (Å²) < 4.78 is 0. The number of benzene rings is 1. The van der Waals surface area contributed by atoms with Crippen LogP contribution >= 0.6 is 0 Å². The number of H-pyrrole nitrogens is 2. The molecule has 1 unspecified atom stereocenters. The molecule has 4 heteroatoms. The van der Waals surface area contributed by atoms with Crippen LogP contribution in [0.1, 0.15) is 56.6 Å². The Bertz CT molecular complexity index is 621. The molecular weight excluding hydrogens is 252 g/mol. The molecule has 2 aromatic rings. The zero-order valence-electron chi connectivity index (χ0n) is 11.7. The highest BCUT2D eigenvalue weighted by Crippen LogP contribution is 2.31. The van der Waals surface area contributed by atoms with Crippen molar-refractivity contribution in [2.75, 3.05) is 0 Å². The van der Waals surface area contributed by atoms with Crippen molar-refractivity contribution >= 4 is 11.0 Å². The average Bonchev–Trinajstić information content (AvgIpc) is 2.62. The Hall–Kier alpha value is -1.55. The second-order valence-electron chi connectivity index (χ2n) is 5.99. The summed E-state index contributed by atoms with van der Waals surface area (Å²) in [5.74, 6) is 0.633. The van der Waals surface area contributed by atoms with E-state index in [4.69, 9.17) is 0 Å². The number of aromatic amines is 2. The largest absolute Gasteiger partial charge is 0.388 e. The van der Waals surface area contributed by atoms with E-state index in [1.165, 1.54) is 38.5 Å². The molecule has 1 atom stereocenters. The first-order chi connectivity index (χ1) is 9.72. The van der Waals surface area contributed by atoms with Gasteiger partial charge in [-0.1, -0.05) is 44.6 Å². The fraction of sp³-hybridized carbons (Fsp3) is 0.562. The first kappa shape index (κ1) is 13.4. The summed E-state index contributed by atoms with van der Waals surface area (Å²) in [6.07, 6.45) is 8.14. The Labute approximate surface area is 118 Å². The maximum Gasteiger partial charge on any atom is 0.323 e. The summed E-state index contributed by atoms with van der Waals surface area (Å²) in [5, 5.41) is 10.4. The van der Waals surface area contributed by atoms with E-state index in [-0.39, 0.29) is 5.69 Å². The third kappa shape index (κ3) is 2.96. The molecule has 0 spiro atoms. The zero-order valence-corrected chi connectivity index (χ0v) is 11.7. The van der Waals surface area contributed by atoms with Crippen molar-refractivity contribution in [2.24, 2.45) is 5.92 Å². The fourth-order valence-corrected chi connectivity index (χ4v) is 3.31. The van der Waals surface area contributed by atoms with Crippen molar-refractivity contribution in [3.63, 3.8) is 0 Å². The lowest BCUT2D eigenvalue weighted by Gasteiger charge is -2.18. The summed E-state index contributed by atoms with van der Waals surface area (Å²) in [4.78, 5) is 16.7. The Morgan fingerprint density at radius 1 is 1.10 bits per heavy atom. The number of aromatic nitrogens is 2. The van der Waals surface area contributed by atoms with Gasteiger partial charge in [-0.3, -0.25) is 0 Å². The maximum absolute atomic E-state index is 11.3. The van der Waals surface area contributed by atoms with Gasteiger partial charge in [-0.25, -0.2) is 4.79 Å². The number of aliphatic hydroxyl groups is 1. The van der Waals surface area contributed by atoms with Crippen molar-refractivity contribution in [2.45, 2.75) is 51.0 Å². The quantitative estimate of drug-likeness (QED) is 0.752. The third-order valence-electron chi connectivity index (χ3n) is 4.46. The van der Waals surface area contributed by atoms with Gasteiger partial charge in [0.2, 0.25) is 0 Å². The first-order valence-corrected chi connectivity index (χ1v) is 7.62. The Morgan fingerprint density at radius 2 is 1.80 bits per heavy atom. The average molecular weight is 274 g/mol. The molecule has 1 heterocycles. The SMILES string of the molecule is O=c1[nH]c2ccc(C(O)CC3CCCCCC3)cc2[nH]1. The van der Waals surface area contributed by atoms with Crippen LogP contribution < -0.4 is 5.69 Å². The summed E-state index contributed by atoms with van der Waals surface area (Å²) in [5.41, 5.74) is 2.26. The normalized spacial score (nSPS) is 19.1. The Kier molecular flexibility index (Phi) is 3.92. The van der Waals surface area contributed by atoms with Crippen LogP contribution in [-0.2, 0) is 0 Å². The Morgan fingerprint density at radius 3 is 2.55 bits per heavy atom. The molecule has 3 rings (SSSR count). The van der Waals surface area contributed by atoms with Gasteiger partial charge in [0.1, 0.15) is 0 Å². The molecule has 20 heavy (non-hydrogen) atoms. The highest BCUT2D eigenvalue weighted by molar-refractivity contribution is 5.75. The number of fused-ring (bicyclic) bond motifs is 1. The maximum atomic E-state index is 11.3. The van der Waals surface area contributed by atoms with Crippen LogP contribution in [-0.4, -0.2) is 15.1 Å². The van der Waals surface area contributed by atoms with Gasteiger partial charge in [0.25, 0.3) is 0 Å². The molecule has 0 aliphatic heterocycles. The number of hydrogen-bond donors (Lipinski definition) is 3. The molecule has 0 bridgehead atoms. The smallest absolute Gasteiger partial charge is 0.323 e. The molecule has 3 N–H and O–H groups in total. The summed E-state index contributed by atoms with van der Waals surface area (Å²) in [6.45, 7) is 0. The number of hydrogen-bond acceptors (Lipinski definition) is 2. The van der Waals surface area contributed by atoms with Crippen LogP contribution in [0.4, 0.5) is 0 Å². The van der Waals surface area contributed by atoms with E-state index in [1.54, 1.807) is 0 Å². The van der Waals surface area contributed by atoms with E-state index >= 15 is 0 Å². The third-order valence-corrected chi connectivity index (χ3v) is 4.46. The van der Waals surface area contributed by atoms with Crippen molar-refractivity contribution in [1.29, 1.82) is 0 Å². The molecule has 0 saturated heterocycles. The molecule has 108 valence electrons. The molecule has 1 aromatic carbocycles. The minimum atomic E-state index is -0.430. The highest BCUT2D eigenvalue weighted by Gasteiger charge is 2.18. The molecule has 1 aliphatic carbocycles. The number of imidazole rings is 1. The minimum absolute atomic E-state index is 0.199. The predicted octanol–water partition coefficient (Wildman–Crippen LogP) is 3.25. The summed E-state index contributed by atoms with van der Waals surface area (Å²) >= 11 is 0. The molecule has 4 nitrogen and oxygen atoms in total. The van der Waals surface area contributed by atoms with E-state index in [1.807, 2.05) is 18.2 Å². The van der Waals surface area contributed by atoms with Crippen LogP contribution in [0, 0.1) is 5.92 Å². The topological polar surface area (TPSA) is 68.9 Å². The van der Waals surface area contributed by atoms with Crippen molar-refractivity contribution in [3.8, 4) is 0 Å². The molecule has 1 saturated carbocycles. The van der Waals surface area contributed by atoms with Crippen molar-refractivity contribution in [1.82, 2.24) is 9.97 Å². The molecule has 1 aromatic heterocycles. The van der Waals surface area contributed by atoms with Gasteiger partial charge in [0.15, 0.2) is 0 Å². The Balaban J connectivity index is 1.73. The second-order valence-corrected chi connectivity index (χ2v) is 5.99. The highest BCUT2D eigenvalue weighted by atomic mass is 16.3. The standard InChI is InChI=1S/C16H22N2O2/c19-15(9-11-5-3-1-2-4-6-11)12-7-8-13-14(10-12)18-16(20)17-13/h7-8,10-11,15,19H,1-6,9H2,(H2,17,18,20). The zero-order chi connectivity index (χ0) is 13.9. The molecule has 1 fully saturated rings. The van der Waals surface area contributed by atoms with Crippen LogP contribution in [0.2, 0.25) is 0 Å². The minimum Gasteiger partial charge on any atom is -0.388 e. The molecule has 1 aliphatic rings. The van der Waals surface area contributed by atoms with E-state index in [0.29, 0.717) is 5.92 Å². The van der Waals surface area contributed by atoms with Crippen LogP contribution in [0.15, 0.2) is 23.0 Å². The van der Waals surface area contributed by atoms with Crippen LogP contribution in [0.5, 0.6) is 0 Å². The van der Waals surface area contributed by atoms with E-state index in [2.05, 4.69) is 9.97 Å². The van der Waals surface area contributed by atoms with Gasteiger partial charge < -0.3 is 15.1 Å². The van der Waals surface area contributed by atoms with Gasteiger partial charge in [-0.05, 0) is 30.0 Å². The summed E-state index contributed by atoms with van der Waals surface area (Å²) in [6, 6.07) is 5.65. The van der Waals surface area contributed by atoms with Gasteiger partial charge >= 0.3 is 5.69 Å². The van der Waals surface area contributed by atoms with Gasteiger partial charge in [0, 0.05) is 0 Å². The van der Waals surface area contributed by atoms with Crippen molar-refractivity contribution in [3.05, 3.63) is 34.2 Å². The summed E-state index contributed by atoms with van der Waals surface area (Å²) in [7, 11) is 0. The van der Waals surface area contributed by atoms with E-state index in [0.717, 1.165) is 23.0 Å². The predicted molar refractivity (Wildman–Crippen MR) is 79.7 cm³/mol. The number of aliphatic hydroxyl groups excluding tert-OH is 1. The fourth-order valence-electron chi connectivity index (χ4n) is 3.31. The van der Waals surface area contributed by atoms with Gasteiger partial charge in [-0.15, -0.1) is 0 Å². The van der Waals surface area contributed by atoms with Gasteiger partial charge in [0.05, 0.1) is 17.1 Å². The lowest BCUT2D eigenvalue weighted by atomic mass is 9.91. The van der Waals surface area contributed by atoms with E-state index < -0.39 is 6.10 Å². The molecule has 0 amide bonds. The second kappa shape index (κ2) is 5.83. The van der Waals surface area contributed by atoms with E-state index in [9.17, 15) is 9.90 Å². The van der Waals surface area contributed by atoms with Crippen LogP contribution in [0.3, 0.4) is 0 Å². The lowest BCUT2D eigenvalue weighted by molar-refractivity contribution is 0.139. The number of nitrogens with one attached hydrogen (secondary N) is 2. The monoisotopic (exact) mass is 274 g/mol. The lowest BCUT2D eigenvalue weighted by Crippen LogP contribution is -2.07. The molecule has 0 radical (unpaired) electrons. The molecular formula is C16H22N2O2.